The van der Waals surface area contributed by atoms with Crippen molar-refractivity contribution in [2.45, 2.75) is 95.8 Å². The summed E-state index contributed by atoms with van der Waals surface area (Å²) in [5.74, 6) is -2.45. The molecule has 7 atom stereocenters. The van der Waals surface area contributed by atoms with Crippen molar-refractivity contribution in [2.75, 3.05) is 0 Å². The van der Waals surface area contributed by atoms with Crippen LogP contribution in [0.1, 0.15) is 53.9 Å². The first-order valence-corrected chi connectivity index (χ1v) is 11.8. The highest BCUT2D eigenvalue weighted by atomic mass is 16.7. The minimum Gasteiger partial charge on any atom is -0.479 e. The fraction of sp³-hybridized carbons (Fsp3) is 0.615. The van der Waals surface area contributed by atoms with Crippen LogP contribution in [-0.4, -0.2) is 74.3 Å². The second kappa shape index (κ2) is 9.99. The Hall–Kier alpha value is -2.30. The maximum Gasteiger partial charge on any atom is 0.335 e. The van der Waals surface area contributed by atoms with Gasteiger partial charge in [-0.05, 0) is 51.7 Å². The predicted octanol–water partition coefficient (Wildman–Crippen LogP) is 2.16. The molecule has 1 aliphatic carbocycles. The standard InChI is InChI=1S/C26H36O9/c1-15(10-13-26-24(3,4)11-7-12-25(26,5)35-26)8-6-9-16(2)14-17(27)33-23-20(30)18(28)19(29)21(34-23)22(31)32/h6,8-10,13-14,18-21,23,28-30H,7,11-12H2,1-5H3,(H,31,32)/b9-6+,13-10+,15-8+,16-14+/t18-,19+,20-,21-,23-,25-,26-/m1/s1. The molecular formula is C26H36O9. The lowest BCUT2D eigenvalue weighted by molar-refractivity contribution is -0.284. The zero-order valence-electron chi connectivity index (χ0n) is 20.8. The zero-order chi connectivity index (χ0) is 26.2. The Labute approximate surface area is 205 Å². The molecule has 9 nitrogen and oxygen atoms in total. The monoisotopic (exact) mass is 492 g/mol. The Bertz CT molecular complexity index is 962. The summed E-state index contributed by atoms with van der Waals surface area (Å²) in [6, 6.07) is 0. The molecule has 0 spiro atoms. The van der Waals surface area contributed by atoms with E-state index in [1.54, 1.807) is 19.1 Å². The van der Waals surface area contributed by atoms with Crippen molar-refractivity contribution < 1.29 is 44.2 Å². The van der Waals surface area contributed by atoms with Crippen molar-refractivity contribution in [1.29, 1.82) is 0 Å². The van der Waals surface area contributed by atoms with Crippen LogP contribution in [0.2, 0.25) is 0 Å². The van der Waals surface area contributed by atoms with Gasteiger partial charge in [0, 0.05) is 11.5 Å². The number of carbonyl (C=O) groups is 2. The number of aliphatic hydroxyl groups excluding tert-OH is 3. The van der Waals surface area contributed by atoms with Crippen LogP contribution in [0, 0.1) is 5.41 Å². The second-order valence-corrected chi connectivity index (χ2v) is 10.5. The van der Waals surface area contributed by atoms with E-state index in [1.807, 2.05) is 13.0 Å². The van der Waals surface area contributed by atoms with Gasteiger partial charge in [-0.1, -0.05) is 43.7 Å². The van der Waals surface area contributed by atoms with Crippen molar-refractivity contribution in [3.05, 3.63) is 47.6 Å². The first-order chi connectivity index (χ1) is 16.2. The van der Waals surface area contributed by atoms with Crippen LogP contribution >= 0.6 is 0 Å². The Kier molecular flexibility index (Phi) is 7.79. The largest absolute Gasteiger partial charge is 0.479 e. The number of fused-ring (bicyclic) bond motifs is 1. The first-order valence-electron chi connectivity index (χ1n) is 11.8. The molecule has 0 aromatic heterocycles. The number of rotatable bonds is 7. The van der Waals surface area contributed by atoms with Gasteiger partial charge in [-0.25, -0.2) is 9.59 Å². The molecule has 3 rings (SSSR count). The first kappa shape index (κ1) is 27.3. The molecule has 35 heavy (non-hydrogen) atoms. The van der Waals surface area contributed by atoms with Gasteiger partial charge < -0.3 is 34.6 Å². The molecule has 4 N–H and O–H groups in total. The van der Waals surface area contributed by atoms with Crippen LogP contribution in [-0.2, 0) is 23.8 Å². The molecule has 2 heterocycles. The van der Waals surface area contributed by atoms with Gasteiger partial charge in [0.25, 0.3) is 0 Å². The van der Waals surface area contributed by atoms with Crippen LogP contribution in [0.25, 0.3) is 0 Å². The van der Waals surface area contributed by atoms with Crippen molar-refractivity contribution in [3.8, 4) is 0 Å². The summed E-state index contributed by atoms with van der Waals surface area (Å²) in [5, 5.41) is 38.5. The van der Waals surface area contributed by atoms with E-state index in [9.17, 15) is 24.9 Å². The zero-order valence-corrected chi connectivity index (χ0v) is 20.8. The van der Waals surface area contributed by atoms with Crippen LogP contribution in [0.4, 0.5) is 0 Å². The second-order valence-electron chi connectivity index (χ2n) is 10.5. The SMILES string of the molecule is CC(/C=C/[C@]12O[C@]1(C)CCCC2(C)C)=C\C=C\C(C)=C\C(=O)O[C@@H]1O[C@@H](C(=O)O)[C@@H](O)[C@@H](O)[C@H]1O. The molecule has 0 aromatic carbocycles. The predicted molar refractivity (Wildman–Crippen MR) is 126 cm³/mol. The minimum atomic E-state index is -1.86. The minimum absolute atomic E-state index is 0.0700. The fourth-order valence-corrected chi connectivity index (χ4v) is 5.10. The van der Waals surface area contributed by atoms with Crippen LogP contribution < -0.4 is 0 Å². The molecule has 0 bridgehead atoms. The molecule has 9 heteroatoms. The Balaban J connectivity index is 1.58. The summed E-state index contributed by atoms with van der Waals surface area (Å²) in [4.78, 5) is 23.3. The summed E-state index contributed by atoms with van der Waals surface area (Å²) < 4.78 is 16.1. The molecule has 3 aliphatic rings. The summed E-state index contributed by atoms with van der Waals surface area (Å²) >= 11 is 0. The van der Waals surface area contributed by atoms with Crippen molar-refractivity contribution in [1.82, 2.24) is 0 Å². The molecule has 2 saturated heterocycles. The van der Waals surface area contributed by atoms with E-state index in [4.69, 9.17) is 19.3 Å². The molecule has 0 amide bonds. The lowest BCUT2D eigenvalue weighted by Crippen LogP contribution is -2.60. The molecule has 0 aromatic rings. The third kappa shape index (κ3) is 5.44. The van der Waals surface area contributed by atoms with Gasteiger partial charge in [0.15, 0.2) is 6.10 Å². The summed E-state index contributed by atoms with van der Waals surface area (Å²) in [6.07, 6.45) is 5.01. The molecule has 0 unspecified atom stereocenters. The van der Waals surface area contributed by atoms with Gasteiger partial charge in [0.1, 0.15) is 23.9 Å². The van der Waals surface area contributed by atoms with E-state index >= 15 is 0 Å². The van der Waals surface area contributed by atoms with Gasteiger partial charge in [-0.3, -0.25) is 0 Å². The van der Waals surface area contributed by atoms with Crippen molar-refractivity contribution in [2.24, 2.45) is 5.41 Å². The highest BCUT2D eigenvalue weighted by Gasteiger charge is 2.73. The van der Waals surface area contributed by atoms with E-state index < -0.39 is 42.6 Å². The molecule has 2 aliphatic heterocycles. The molecule has 194 valence electrons. The van der Waals surface area contributed by atoms with Gasteiger partial charge in [-0.15, -0.1) is 0 Å². The lowest BCUT2D eigenvalue weighted by Gasteiger charge is -2.37. The number of aliphatic carboxylic acids is 1. The van der Waals surface area contributed by atoms with Gasteiger partial charge >= 0.3 is 11.9 Å². The van der Waals surface area contributed by atoms with Gasteiger partial charge in [0.2, 0.25) is 6.29 Å². The highest BCUT2D eigenvalue weighted by molar-refractivity contribution is 5.83. The Morgan fingerprint density at radius 1 is 0.971 bits per heavy atom. The highest BCUT2D eigenvalue weighted by Crippen LogP contribution is 2.66. The number of allylic oxidation sites excluding steroid dienone is 6. The fourth-order valence-electron chi connectivity index (χ4n) is 5.10. The smallest absolute Gasteiger partial charge is 0.335 e. The Morgan fingerprint density at radius 2 is 1.66 bits per heavy atom. The number of aliphatic hydroxyl groups is 3. The van der Waals surface area contributed by atoms with E-state index in [1.165, 1.54) is 6.42 Å². The number of hydrogen-bond donors (Lipinski definition) is 4. The summed E-state index contributed by atoms with van der Waals surface area (Å²) in [5.41, 5.74) is 1.27. The van der Waals surface area contributed by atoms with E-state index in [2.05, 4.69) is 32.9 Å². The summed E-state index contributed by atoms with van der Waals surface area (Å²) in [7, 11) is 0. The molecule has 0 radical (unpaired) electrons. The molecule has 1 saturated carbocycles. The number of epoxide rings is 1. The van der Waals surface area contributed by atoms with E-state index in [0.29, 0.717) is 5.57 Å². The maximum absolute atomic E-state index is 12.2. The quantitative estimate of drug-likeness (QED) is 0.182. The third-order valence-electron chi connectivity index (χ3n) is 7.28. The maximum atomic E-state index is 12.2. The average Bonchev–Trinajstić information content (AvgIpc) is 3.39. The van der Waals surface area contributed by atoms with E-state index in [-0.39, 0.29) is 16.6 Å². The van der Waals surface area contributed by atoms with Crippen LogP contribution in [0.15, 0.2) is 47.6 Å². The van der Waals surface area contributed by atoms with E-state index in [0.717, 1.165) is 24.5 Å². The van der Waals surface area contributed by atoms with Gasteiger partial charge in [0.05, 0.1) is 5.60 Å². The Morgan fingerprint density at radius 3 is 2.29 bits per heavy atom. The van der Waals surface area contributed by atoms with Crippen molar-refractivity contribution >= 4 is 11.9 Å². The molecular weight excluding hydrogens is 456 g/mol. The number of carbonyl (C=O) groups excluding carboxylic acids is 1. The topological polar surface area (TPSA) is 146 Å². The molecule has 3 fully saturated rings. The number of esters is 1. The normalized spacial score (nSPS) is 39.5. The number of carboxylic acids is 1. The van der Waals surface area contributed by atoms with Crippen LogP contribution in [0.3, 0.4) is 0 Å². The van der Waals surface area contributed by atoms with Crippen molar-refractivity contribution in [3.63, 3.8) is 0 Å². The van der Waals surface area contributed by atoms with Gasteiger partial charge in [-0.2, -0.15) is 0 Å². The van der Waals surface area contributed by atoms with Crippen LogP contribution in [0.5, 0.6) is 0 Å². The number of ether oxygens (including phenoxy) is 3. The summed E-state index contributed by atoms with van der Waals surface area (Å²) in [6.45, 7) is 10.3. The number of carboxylic acid groups (broad SMARTS) is 1. The number of hydrogen-bond acceptors (Lipinski definition) is 8. The average molecular weight is 493 g/mol. The lowest BCUT2D eigenvalue weighted by atomic mass is 9.64. The third-order valence-corrected chi connectivity index (χ3v) is 7.28.